The molecule has 1 aliphatic heterocycles. The summed E-state index contributed by atoms with van der Waals surface area (Å²) in [6, 6.07) is 5.15. The molecular formula is C18H21N3O5S. The smallest absolute Gasteiger partial charge is 0.327 e. The van der Waals surface area contributed by atoms with E-state index in [9.17, 15) is 14.7 Å². The molecule has 9 heteroatoms. The fraction of sp³-hybridized carbons (Fsp3) is 0.389. The number of rotatable bonds is 5. The minimum atomic E-state index is -0.424. The van der Waals surface area contributed by atoms with Crippen LogP contribution in [0.1, 0.15) is 29.0 Å². The van der Waals surface area contributed by atoms with Crippen molar-refractivity contribution in [3.8, 4) is 11.5 Å². The molecule has 0 fully saturated rings. The molecule has 2 heterocycles. The minimum Gasteiger partial charge on any atom is -0.504 e. The van der Waals surface area contributed by atoms with E-state index in [0.717, 1.165) is 11.1 Å². The quantitative estimate of drug-likeness (QED) is 0.754. The number of ether oxygens (including phenoxy) is 2. The maximum atomic E-state index is 12.2. The molecule has 0 spiro atoms. The van der Waals surface area contributed by atoms with E-state index in [1.165, 1.54) is 23.6 Å². The highest BCUT2D eigenvalue weighted by atomic mass is 32.2. The van der Waals surface area contributed by atoms with Gasteiger partial charge in [-0.1, -0.05) is 6.07 Å². The number of aromatic hydroxyl groups is 1. The number of thioether (sulfide) groups is 1. The van der Waals surface area contributed by atoms with Gasteiger partial charge in [-0.15, -0.1) is 11.8 Å². The second-order valence-electron chi connectivity index (χ2n) is 5.98. The average Bonchev–Trinajstić information content (AvgIpc) is 2.80. The van der Waals surface area contributed by atoms with E-state index in [1.54, 1.807) is 19.1 Å². The summed E-state index contributed by atoms with van der Waals surface area (Å²) >= 11 is 1.43. The minimum absolute atomic E-state index is 0.0252. The van der Waals surface area contributed by atoms with E-state index < -0.39 is 5.97 Å². The molecule has 0 saturated carbocycles. The molecule has 2 aromatic rings. The van der Waals surface area contributed by atoms with Gasteiger partial charge < -0.3 is 19.9 Å². The van der Waals surface area contributed by atoms with Crippen molar-refractivity contribution in [2.75, 3.05) is 24.8 Å². The zero-order chi connectivity index (χ0) is 19.6. The van der Waals surface area contributed by atoms with Crippen molar-refractivity contribution >= 4 is 29.5 Å². The van der Waals surface area contributed by atoms with Gasteiger partial charge in [-0.05, 0) is 31.5 Å². The Kier molecular flexibility index (Phi) is 5.59. The van der Waals surface area contributed by atoms with Crippen LogP contribution in [0.5, 0.6) is 11.5 Å². The first kappa shape index (κ1) is 19.1. The van der Waals surface area contributed by atoms with Crippen molar-refractivity contribution in [3.63, 3.8) is 0 Å². The normalized spacial score (nSPS) is 16.3. The van der Waals surface area contributed by atoms with Gasteiger partial charge in [0.15, 0.2) is 11.5 Å². The van der Waals surface area contributed by atoms with Crippen LogP contribution >= 0.6 is 11.8 Å². The third-order valence-electron chi connectivity index (χ3n) is 4.16. The van der Waals surface area contributed by atoms with Crippen molar-refractivity contribution in [1.82, 2.24) is 9.78 Å². The van der Waals surface area contributed by atoms with Gasteiger partial charge in [0, 0.05) is 5.56 Å². The van der Waals surface area contributed by atoms with Crippen LogP contribution in [0, 0.1) is 6.92 Å². The van der Waals surface area contributed by atoms with E-state index in [1.807, 2.05) is 13.0 Å². The monoisotopic (exact) mass is 391 g/mol. The molecule has 1 atom stereocenters. The number of fused-ring (bicyclic) bond motifs is 1. The average molecular weight is 391 g/mol. The molecule has 1 aromatic heterocycles. The number of nitrogens with zero attached hydrogens (tertiary/aromatic N) is 2. The lowest BCUT2D eigenvalue weighted by Gasteiger charge is -2.16. The number of amides is 1. The lowest BCUT2D eigenvalue weighted by atomic mass is 10.0. The Balaban J connectivity index is 2.04. The van der Waals surface area contributed by atoms with Crippen LogP contribution in [-0.2, 0) is 20.9 Å². The van der Waals surface area contributed by atoms with Crippen LogP contribution in [0.25, 0.3) is 0 Å². The van der Waals surface area contributed by atoms with E-state index in [0.29, 0.717) is 17.3 Å². The number of phenolic OH excluding ortho intramolecular Hbond substituents is 1. The molecule has 8 nitrogen and oxygen atoms in total. The van der Waals surface area contributed by atoms with Gasteiger partial charge in [0.1, 0.15) is 12.4 Å². The summed E-state index contributed by atoms with van der Waals surface area (Å²) in [5, 5.41) is 17.2. The van der Waals surface area contributed by atoms with Crippen molar-refractivity contribution in [3.05, 3.63) is 35.0 Å². The number of methoxy groups -OCH3 is 1. The number of carbonyl (C=O) groups excluding carboxylic acids is 2. The van der Waals surface area contributed by atoms with Crippen LogP contribution < -0.4 is 10.1 Å². The van der Waals surface area contributed by atoms with E-state index in [-0.39, 0.29) is 35.8 Å². The zero-order valence-electron chi connectivity index (χ0n) is 15.3. The Hall–Kier alpha value is -2.68. The first-order chi connectivity index (χ1) is 12.9. The number of nitrogens with one attached hydrogen (secondary N) is 1. The molecule has 1 aromatic carbocycles. The number of esters is 1. The van der Waals surface area contributed by atoms with Crippen LogP contribution in [0.15, 0.2) is 18.2 Å². The maximum absolute atomic E-state index is 12.2. The Morgan fingerprint density at radius 3 is 2.93 bits per heavy atom. The fourth-order valence-electron chi connectivity index (χ4n) is 3.03. The highest BCUT2D eigenvalue weighted by Gasteiger charge is 2.31. The SMILES string of the molecule is CCOC(=O)Cn1nc(C)c2c1NC(=O)CS[C@@H]2c1ccc(OC)c(O)c1. The third-order valence-corrected chi connectivity index (χ3v) is 5.43. The number of aryl methyl sites for hydroxylation is 1. The van der Waals surface area contributed by atoms with Crippen LogP contribution in [0.2, 0.25) is 0 Å². The molecule has 1 amide bonds. The van der Waals surface area contributed by atoms with Crippen molar-refractivity contribution in [2.45, 2.75) is 25.6 Å². The summed E-state index contributed by atoms with van der Waals surface area (Å²) in [5.41, 5.74) is 2.32. The first-order valence-corrected chi connectivity index (χ1v) is 9.50. The van der Waals surface area contributed by atoms with Gasteiger partial charge in [-0.2, -0.15) is 5.10 Å². The predicted molar refractivity (Wildman–Crippen MR) is 101 cm³/mol. The molecule has 0 unspecified atom stereocenters. The molecule has 3 rings (SSSR count). The number of hydrogen-bond acceptors (Lipinski definition) is 7. The summed E-state index contributed by atoms with van der Waals surface area (Å²) in [6.07, 6.45) is 0. The van der Waals surface area contributed by atoms with Gasteiger partial charge in [-0.25, -0.2) is 4.68 Å². The van der Waals surface area contributed by atoms with Gasteiger partial charge in [0.25, 0.3) is 0 Å². The number of phenols is 1. The maximum Gasteiger partial charge on any atom is 0.327 e. The number of hydrogen-bond donors (Lipinski definition) is 2. The Morgan fingerprint density at radius 2 is 2.26 bits per heavy atom. The van der Waals surface area contributed by atoms with E-state index >= 15 is 0 Å². The number of aromatic nitrogens is 2. The first-order valence-electron chi connectivity index (χ1n) is 8.45. The summed E-state index contributed by atoms with van der Waals surface area (Å²) in [4.78, 5) is 24.1. The molecule has 0 saturated heterocycles. The molecule has 144 valence electrons. The Bertz CT molecular complexity index is 880. The molecule has 27 heavy (non-hydrogen) atoms. The topological polar surface area (TPSA) is 103 Å². The lowest BCUT2D eigenvalue weighted by molar-refractivity contribution is -0.144. The van der Waals surface area contributed by atoms with Gasteiger partial charge in [-0.3, -0.25) is 9.59 Å². The van der Waals surface area contributed by atoms with Gasteiger partial charge in [0.05, 0.1) is 30.4 Å². The fourth-order valence-corrected chi connectivity index (χ4v) is 4.21. The van der Waals surface area contributed by atoms with E-state index in [2.05, 4.69) is 10.4 Å². The van der Waals surface area contributed by atoms with Crippen molar-refractivity contribution in [1.29, 1.82) is 0 Å². The second kappa shape index (κ2) is 7.91. The number of carbonyl (C=O) groups is 2. The molecule has 0 radical (unpaired) electrons. The molecule has 0 aliphatic carbocycles. The zero-order valence-corrected chi connectivity index (χ0v) is 16.1. The largest absolute Gasteiger partial charge is 0.504 e. The van der Waals surface area contributed by atoms with Crippen molar-refractivity contribution < 1.29 is 24.2 Å². The molecule has 0 bridgehead atoms. The Labute approximate surface area is 160 Å². The number of benzene rings is 1. The van der Waals surface area contributed by atoms with Gasteiger partial charge in [0.2, 0.25) is 5.91 Å². The second-order valence-corrected chi connectivity index (χ2v) is 7.07. The highest BCUT2D eigenvalue weighted by Crippen LogP contribution is 2.44. The summed E-state index contributed by atoms with van der Waals surface area (Å²) in [7, 11) is 1.49. The van der Waals surface area contributed by atoms with Crippen LogP contribution in [0.4, 0.5) is 5.82 Å². The summed E-state index contributed by atoms with van der Waals surface area (Å²) < 4.78 is 11.6. The van der Waals surface area contributed by atoms with Crippen LogP contribution in [0.3, 0.4) is 0 Å². The highest BCUT2D eigenvalue weighted by molar-refractivity contribution is 8.00. The standard InChI is InChI=1S/C18H21N3O5S/c1-4-26-15(24)8-21-18-16(10(2)20-21)17(27-9-14(23)19-18)11-5-6-13(25-3)12(22)7-11/h5-7,17,22H,4,8-9H2,1-3H3,(H,19,23)/t17-/m1/s1. The number of anilines is 1. The van der Waals surface area contributed by atoms with Crippen molar-refractivity contribution in [2.24, 2.45) is 0 Å². The predicted octanol–water partition coefficient (Wildman–Crippen LogP) is 2.24. The lowest BCUT2D eigenvalue weighted by Crippen LogP contribution is -2.20. The summed E-state index contributed by atoms with van der Waals surface area (Å²) in [6.45, 7) is 3.75. The molecular weight excluding hydrogens is 370 g/mol. The van der Waals surface area contributed by atoms with Crippen LogP contribution in [-0.4, -0.2) is 46.2 Å². The third kappa shape index (κ3) is 3.87. The van der Waals surface area contributed by atoms with Gasteiger partial charge >= 0.3 is 5.97 Å². The summed E-state index contributed by atoms with van der Waals surface area (Å²) in [5.74, 6) is 0.527. The van der Waals surface area contributed by atoms with E-state index in [4.69, 9.17) is 9.47 Å². The molecule has 1 aliphatic rings. The Morgan fingerprint density at radius 1 is 1.48 bits per heavy atom. The molecule has 2 N–H and O–H groups in total.